The topological polar surface area (TPSA) is 102 Å². The zero-order valence-corrected chi connectivity index (χ0v) is 15.4. The fourth-order valence-corrected chi connectivity index (χ4v) is 2.89. The zero-order chi connectivity index (χ0) is 19.7. The molecule has 1 aromatic carbocycles. The predicted octanol–water partition coefficient (Wildman–Crippen LogP) is 0.319. The molecule has 2 aromatic heterocycles. The van der Waals surface area contributed by atoms with Crippen LogP contribution in [-0.2, 0) is 16.1 Å². The monoisotopic (exact) mass is 380 g/mol. The summed E-state index contributed by atoms with van der Waals surface area (Å²) in [5.41, 5.74) is 0.869. The number of para-hydroxylation sites is 1. The van der Waals surface area contributed by atoms with Gasteiger partial charge in [0.05, 0.1) is 18.4 Å². The van der Waals surface area contributed by atoms with Crippen molar-refractivity contribution in [3.8, 4) is 5.69 Å². The first-order chi connectivity index (χ1) is 13.5. The third kappa shape index (κ3) is 3.64. The molecule has 1 saturated carbocycles. The molecule has 0 unspecified atom stereocenters. The lowest BCUT2D eigenvalue weighted by molar-refractivity contribution is -0.135. The summed E-state index contributed by atoms with van der Waals surface area (Å²) in [4.78, 5) is 42.6. The molecule has 0 radical (unpaired) electrons. The van der Waals surface area contributed by atoms with Crippen LogP contribution in [0.2, 0.25) is 0 Å². The number of likely N-dealkylation sites (N-methyl/N-ethyl adjacent to an activating group) is 1. The molecule has 0 spiro atoms. The number of carbonyl (C=O) groups excluding carboxylic acids is 2. The highest BCUT2D eigenvalue weighted by Crippen LogP contribution is 2.18. The van der Waals surface area contributed by atoms with E-state index in [-0.39, 0.29) is 36.5 Å². The summed E-state index contributed by atoms with van der Waals surface area (Å²) < 4.78 is 2.81. The van der Waals surface area contributed by atoms with Crippen LogP contribution >= 0.6 is 0 Å². The molecular weight excluding hydrogens is 360 g/mol. The maximum absolute atomic E-state index is 12.7. The highest BCUT2D eigenvalue weighted by Gasteiger charge is 2.24. The third-order valence-corrected chi connectivity index (χ3v) is 4.61. The number of fused-ring (bicyclic) bond motifs is 1. The second kappa shape index (κ2) is 7.26. The van der Waals surface area contributed by atoms with E-state index in [0.717, 1.165) is 18.5 Å². The predicted molar refractivity (Wildman–Crippen MR) is 102 cm³/mol. The Hall–Kier alpha value is -3.49. The lowest BCUT2D eigenvalue weighted by Gasteiger charge is -2.17. The summed E-state index contributed by atoms with van der Waals surface area (Å²) in [5, 5.41) is 7.41. The normalized spacial score (nSPS) is 13.5. The largest absolute Gasteiger partial charge is 0.352 e. The molecule has 0 atom stereocenters. The van der Waals surface area contributed by atoms with E-state index in [4.69, 9.17) is 0 Å². The SMILES string of the molecule is CN(CC(=O)NC1CC1)C(=O)Cn1cnc2c(cnn2-c2ccccc2)c1=O. The van der Waals surface area contributed by atoms with Crippen molar-refractivity contribution >= 4 is 22.8 Å². The van der Waals surface area contributed by atoms with Crippen molar-refractivity contribution < 1.29 is 9.59 Å². The molecule has 9 heteroatoms. The van der Waals surface area contributed by atoms with Crippen molar-refractivity contribution in [3.05, 3.63) is 53.2 Å². The van der Waals surface area contributed by atoms with Crippen LogP contribution in [-0.4, -0.2) is 55.7 Å². The third-order valence-electron chi connectivity index (χ3n) is 4.61. The molecular formula is C19H20N6O3. The van der Waals surface area contributed by atoms with Gasteiger partial charge in [-0.2, -0.15) is 5.10 Å². The number of aromatic nitrogens is 4. The molecule has 1 N–H and O–H groups in total. The fraction of sp³-hybridized carbons (Fsp3) is 0.316. The molecule has 9 nitrogen and oxygen atoms in total. The molecule has 144 valence electrons. The van der Waals surface area contributed by atoms with Crippen molar-refractivity contribution in [1.82, 2.24) is 29.5 Å². The number of nitrogens with one attached hydrogen (secondary N) is 1. The minimum atomic E-state index is -0.351. The van der Waals surface area contributed by atoms with E-state index in [0.29, 0.717) is 11.0 Å². The van der Waals surface area contributed by atoms with Gasteiger partial charge >= 0.3 is 0 Å². The van der Waals surface area contributed by atoms with Crippen molar-refractivity contribution in [1.29, 1.82) is 0 Å². The molecule has 3 aromatic rings. The van der Waals surface area contributed by atoms with Crippen LogP contribution in [0, 0.1) is 0 Å². The second-order valence-corrected chi connectivity index (χ2v) is 6.90. The summed E-state index contributed by atoms with van der Waals surface area (Å²) in [6.07, 6.45) is 4.76. The summed E-state index contributed by atoms with van der Waals surface area (Å²) in [5.74, 6) is -0.534. The Kier molecular flexibility index (Phi) is 4.64. The van der Waals surface area contributed by atoms with Crippen LogP contribution in [0.25, 0.3) is 16.7 Å². The highest BCUT2D eigenvalue weighted by molar-refractivity contribution is 5.85. The van der Waals surface area contributed by atoms with E-state index in [2.05, 4.69) is 15.4 Å². The summed E-state index contributed by atoms with van der Waals surface area (Å²) >= 11 is 0. The molecule has 0 saturated heterocycles. The van der Waals surface area contributed by atoms with Crippen LogP contribution in [0.15, 0.2) is 47.7 Å². The van der Waals surface area contributed by atoms with Gasteiger partial charge in [-0.25, -0.2) is 9.67 Å². The van der Waals surface area contributed by atoms with E-state index in [1.807, 2.05) is 30.3 Å². The zero-order valence-electron chi connectivity index (χ0n) is 15.4. The first-order valence-corrected chi connectivity index (χ1v) is 9.05. The van der Waals surface area contributed by atoms with Gasteiger partial charge in [0.2, 0.25) is 11.8 Å². The molecule has 2 amide bonds. The molecule has 1 aliphatic rings. The quantitative estimate of drug-likeness (QED) is 0.664. The van der Waals surface area contributed by atoms with E-state index >= 15 is 0 Å². The van der Waals surface area contributed by atoms with E-state index in [1.165, 1.54) is 22.0 Å². The average molecular weight is 380 g/mol. The van der Waals surface area contributed by atoms with Crippen LogP contribution in [0.5, 0.6) is 0 Å². The van der Waals surface area contributed by atoms with Crippen LogP contribution < -0.4 is 10.9 Å². The van der Waals surface area contributed by atoms with Gasteiger partial charge in [0, 0.05) is 13.1 Å². The standard InChI is InChI=1S/C19H20N6O3/c1-23(10-16(26)22-13-7-8-13)17(27)11-24-12-20-18-15(19(24)28)9-21-25(18)14-5-3-2-4-6-14/h2-6,9,12-13H,7-8,10-11H2,1H3,(H,22,26). The first kappa shape index (κ1) is 17.9. The van der Waals surface area contributed by atoms with Crippen LogP contribution in [0.1, 0.15) is 12.8 Å². The number of hydrogen-bond acceptors (Lipinski definition) is 5. The maximum Gasteiger partial charge on any atom is 0.264 e. The minimum Gasteiger partial charge on any atom is -0.352 e. The Bertz CT molecular complexity index is 1080. The maximum atomic E-state index is 12.7. The number of amides is 2. The van der Waals surface area contributed by atoms with Crippen LogP contribution in [0.4, 0.5) is 0 Å². The van der Waals surface area contributed by atoms with Gasteiger partial charge in [0.1, 0.15) is 18.3 Å². The first-order valence-electron chi connectivity index (χ1n) is 9.05. The highest BCUT2D eigenvalue weighted by atomic mass is 16.2. The van der Waals surface area contributed by atoms with Crippen molar-refractivity contribution in [2.24, 2.45) is 0 Å². The number of carbonyl (C=O) groups is 2. The lowest BCUT2D eigenvalue weighted by atomic mass is 10.3. The lowest BCUT2D eigenvalue weighted by Crippen LogP contribution is -2.41. The van der Waals surface area contributed by atoms with E-state index < -0.39 is 0 Å². The number of benzene rings is 1. The van der Waals surface area contributed by atoms with Gasteiger partial charge in [-0.15, -0.1) is 0 Å². The van der Waals surface area contributed by atoms with Gasteiger partial charge in [-0.05, 0) is 25.0 Å². The molecule has 1 aliphatic carbocycles. The van der Waals surface area contributed by atoms with Crippen molar-refractivity contribution in [2.45, 2.75) is 25.4 Å². The number of nitrogens with zero attached hydrogens (tertiary/aromatic N) is 5. The molecule has 0 bridgehead atoms. The van der Waals surface area contributed by atoms with Crippen molar-refractivity contribution in [3.63, 3.8) is 0 Å². The smallest absolute Gasteiger partial charge is 0.264 e. The molecule has 4 rings (SSSR count). The Morgan fingerprint density at radius 2 is 2.00 bits per heavy atom. The Morgan fingerprint density at radius 1 is 1.25 bits per heavy atom. The van der Waals surface area contributed by atoms with Gasteiger partial charge in [0.15, 0.2) is 5.65 Å². The fourth-order valence-electron chi connectivity index (χ4n) is 2.89. The van der Waals surface area contributed by atoms with Gasteiger partial charge in [0.25, 0.3) is 5.56 Å². The summed E-state index contributed by atoms with van der Waals surface area (Å²) in [7, 11) is 1.54. The Morgan fingerprint density at radius 3 is 2.71 bits per heavy atom. The summed E-state index contributed by atoms with van der Waals surface area (Å²) in [6.45, 7) is -0.225. The van der Waals surface area contributed by atoms with E-state index in [1.54, 1.807) is 11.7 Å². The van der Waals surface area contributed by atoms with Gasteiger partial charge < -0.3 is 10.2 Å². The molecule has 1 fully saturated rings. The van der Waals surface area contributed by atoms with E-state index in [9.17, 15) is 14.4 Å². The van der Waals surface area contributed by atoms with Gasteiger partial charge in [-0.1, -0.05) is 18.2 Å². The second-order valence-electron chi connectivity index (χ2n) is 6.90. The molecule has 2 heterocycles. The Labute approximate surface area is 160 Å². The van der Waals surface area contributed by atoms with Crippen LogP contribution in [0.3, 0.4) is 0 Å². The average Bonchev–Trinajstić information content (AvgIpc) is 3.39. The number of rotatable bonds is 6. The molecule has 0 aliphatic heterocycles. The summed E-state index contributed by atoms with van der Waals surface area (Å²) in [6, 6.07) is 9.61. The van der Waals surface area contributed by atoms with Gasteiger partial charge in [-0.3, -0.25) is 19.0 Å². The number of hydrogen-bond donors (Lipinski definition) is 1. The minimum absolute atomic E-state index is 0.0360. The molecule has 28 heavy (non-hydrogen) atoms. The Balaban J connectivity index is 1.51. The van der Waals surface area contributed by atoms with Crippen molar-refractivity contribution in [2.75, 3.05) is 13.6 Å².